The number of nitrogens with one attached hydrogen (secondary N) is 1. The topological polar surface area (TPSA) is 41.1 Å². The van der Waals surface area contributed by atoms with Gasteiger partial charge in [0.1, 0.15) is 5.75 Å². The number of benzene rings is 2. The average molecular weight is 361 g/mol. The summed E-state index contributed by atoms with van der Waals surface area (Å²) in [4.78, 5) is 2.55. The molecule has 1 aliphatic rings. The van der Waals surface area contributed by atoms with Crippen molar-refractivity contribution in [1.29, 1.82) is 0 Å². The number of piperidine rings is 1. The third kappa shape index (κ3) is 4.06. The van der Waals surface area contributed by atoms with E-state index in [2.05, 4.69) is 58.4 Å². The molecule has 1 atom stereocenters. The Bertz CT molecular complexity index is 867. The van der Waals surface area contributed by atoms with Crippen molar-refractivity contribution in [2.45, 2.75) is 32.2 Å². The summed E-state index contributed by atoms with van der Waals surface area (Å²) in [6, 6.07) is 17.1. The Kier molecular flexibility index (Phi) is 5.26. The van der Waals surface area contributed by atoms with Crippen LogP contribution in [0.15, 0.2) is 54.7 Å². The molecule has 140 valence electrons. The molecule has 0 unspecified atom stereocenters. The fourth-order valence-electron chi connectivity index (χ4n) is 3.99. The molecule has 4 nitrogen and oxygen atoms in total. The molecule has 27 heavy (non-hydrogen) atoms. The number of nitrogens with zero attached hydrogens (tertiary/aromatic N) is 2. The Balaban J connectivity index is 1.48. The summed E-state index contributed by atoms with van der Waals surface area (Å²) in [7, 11) is 1.71. The summed E-state index contributed by atoms with van der Waals surface area (Å²) in [5.41, 5.74) is 6.38. The second-order valence-corrected chi connectivity index (χ2v) is 7.49. The first-order valence-corrected chi connectivity index (χ1v) is 9.68. The second kappa shape index (κ2) is 7.97. The number of ether oxygens (including phenoxy) is 1. The van der Waals surface area contributed by atoms with Gasteiger partial charge in [-0.25, -0.2) is 0 Å². The Morgan fingerprint density at radius 2 is 1.89 bits per heavy atom. The van der Waals surface area contributed by atoms with Crippen LogP contribution in [0.2, 0.25) is 0 Å². The molecule has 0 spiro atoms. The van der Waals surface area contributed by atoms with Gasteiger partial charge in [0.05, 0.1) is 13.3 Å². The largest absolute Gasteiger partial charge is 0.497 e. The van der Waals surface area contributed by atoms with Gasteiger partial charge >= 0.3 is 0 Å². The first-order chi connectivity index (χ1) is 13.2. The van der Waals surface area contributed by atoms with E-state index in [0.717, 1.165) is 25.4 Å². The Morgan fingerprint density at radius 3 is 2.63 bits per heavy atom. The number of aromatic nitrogens is 2. The van der Waals surface area contributed by atoms with Crippen molar-refractivity contribution >= 4 is 0 Å². The molecule has 0 saturated carbocycles. The standard InChI is InChI=1S/C23H27N3O/c1-17-5-9-19(10-6-17)22-14-24-25-23(22)20-4-3-13-26(16-20)15-18-7-11-21(27-2)12-8-18/h5-12,14,20H,3-4,13,15-16H2,1-2H3,(H,24,25)/t20-/m0/s1. The average Bonchev–Trinajstić information content (AvgIpc) is 3.19. The molecule has 1 aromatic heterocycles. The van der Waals surface area contributed by atoms with Crippen molar-refractivity contribution in [3.63, 3.8) is 0 Å². The normalized spacial score (nSPS) is 17.8. The van der Waals surface area contributed by atoms with E-state index in [9.17, 15) is 0 Å². The van der Waals surface area contributed by atoms with E-state index in [-0.39, 0.29) is 0 Å². The molecule has 0 aliphatic carbocycles. The van der Waals surface area contributed by atoms with E-state index in [4.69, 9.17) is 4.74 Å². The molecule has 2 aromatic carbocycles. The van der Waals surface area contributed by atoms with Gasteiger partial charge in [0.2, 0.25) is 0 Å². The lowest BCUT2D eigenvalue weighted by molar-refractivity contribution is 0.198. The van der Waals surface area contributed by atoms with Gasteiger partial charge in [0.15, 0.2) is 0 Å². The maximum atomic E-state index is 5.26. The maximum absolute atomic E-state index is 5.26. The Morgan fingerprint density at radius 1 is 1.11 bits per heavy atom. The number of methoxy groups -OCH3 is 1. The SMILES string of the molecule is COc1ccc(CN2CCC[C@H](c3[nH]ncc3-c3ccc(C)cc3)C2)cc1. The Labute approximate surface area is 161 Å². The summed E-state index contributed by atoms with van der Waals surface area (Å²) in [5.74, 6) is 1.41. The lowest BCUT2D eigenvalue weighted by atomic mass is 9.90. The predicted molar refractivity (Wildman–Crippen MR) is 109 cm³/mol. The molecule has 1 fully saturated rings. The smallest absolute Gasteiger partial charge is 0.118 e. The molecular weight excluding hydrogens is 334 g/mol. The van der Waals surface area contributed by atoms with E-state index in [1.165, 1.54) is 40.8 Å². The van der Waals surface area contributed by atoms with Crippen LogP contribution in [0.5, 0.6) is 5.75 Å². The van der Waals surface area contributed by atoms with Gasteiger partial charge in [0, 0.05) is 30.3 Å². The predicted octanol–water partition coefficient (Wildman–Crippen LogP) is 4.77. The van der Waals surface area contributed by atoms with E-state index in [1.807, 2.05) is 18.3 Å². The zero-order valence-electron chi connectivity index (χ0n) is 16.1. The van der Waals surface area contributed by atoms with Crippen LogP contribution in [0, 0.1) is 6.92 Å². The van der Waals surface area contributed by atoms with Crippen molar-refractivity contribution < 1.29 is 4.74 Å². The summed E-state index contributed by atoms with van der Waals surface area (Å²) in [6.07, 6.45) is 4.40. The number of aryl methyl sites for hydroxylation is 1. The molecule has 1 saturated heterocycles. The van der Waals surface area contributed by atoms with Crippen LogP contribution in [0.1, 0.15) is 35.6 Å². The van der Waals surface area contributed by atoms with Crippen molar-refractivity contribution in [2.75, 3.05) is 20.2 Å². The highest BCUT2D eigenvalue weighted by atomic mass is 16.5. The van der Waals surface area contributed by atoms with Crippen LogP contribution < -0.4 is 4.74 Å². The number of aromatic amines is 1. The van der Waals surface area contributed by atoms with Gasteiger partial charge in [-0.3, -0.25) is 10.00 Å². The van der Waals surface area contributed by atoms with Gasteiger partial charge in [-0.1, -0.05) is 42.0 Å². The summed E-state index contributed by atoms with van der Waals surface area (Å²) < 4.78 is 5.26. The number of likely N-dealkylation sites (tertiary alicyclic amines) is 1. The minimum Gasteiger partial charge on any atom is -0.497 e. The van der Waals surface area contributed by atoms with E-state index in [0.29, 0.717) is 5.92 Å². The van der Waals surface area contributed by atoms with Crippen LogP contribution in [0.4, 0.5) is 0 Å². The van der Waals surface area contributed by atoms with Crippen molar-refractivity contribution in [2.24, 2.45) is 0 Å². The number of H-pyrrole nitrogens is 1. The molecule has 0 bridgehead atoms. The van der Waals surface area contributed by atoms with E-state index in [1.54, 1.807) is 7.11 Å². The highest BCUT2D eigenvalue weighted by Crippen LogP contribution is 2.33. The number of rotatable bonds is 5. The molecular formula is C23H27N3O. The van der Waals surface area contributed by atoms with Crippen LogP contribution in [-0.2, 0) is 6.54 Å². The summed E-state index contributed by atoms with van der Waals surface area (Å²) in [6.45, 7) is 5.32. The van der Waals surface area contributed by atoms with Crippen LogP contribution in [0.25, 0.3) is 11.1 Å². The van der Waals surface area contributed by atoms with Crippen molar-refractivity contribution in [3.05, 3.63) is 71.5 Å². The van der Waals surface area contributed by atoms with Crippen LogP contribution >= 0.6 is 0 Å². The maximum Gasteiger partial charge on any atom is 0.118 e. The third-order valence-corrected chi connectivity index (χ3v) is 5.51. The van der Waals surface area contributed by atoms with Gasteiger partial charge in [0.25, 0.3) is 0 Å². The first-order valence-electron chi connectivity index (χ1n) is 9.68. The summed E-state index contributed by atoms with van der Waals surface area (Å²) >= 11 is 0. The second-order valence-electron chi connectivity index (χ2n) is 7.49. The Hall–Kier alpha value is -2.59. The minimum absolute atomic E-state index is 0.496. The van der Waals surface area contributed by atoms with Crippen molar-refractivity contribution in [1.82, 2.24) is 15.1 Å². The van der Waals surface area contributed by atoms with Gasteiger partial charge < -0.3 is 4.74 Å². The molecule has 0 radical (unpaired) electrons. The molecule has 2 heterocycles. The fraction of sp³-hybridized carbons (Fsp3) is 0.348. The van der Waals surface area contributed by atoms with Gasteiger partial charge in [-0.2, -0.15) is 5.10 Å². The molecule has 4 rings (SSSR count). The van der Waals surface area contributed by atoms with Crippen molar-refractivity contribution in [3.8, 4) is 16.9 Å². The molecule has 3 aromatic rings. The molecule has 1 N–H and O–H groups in total. The van der Waals surface area contributed by atoms with Crippen LogP contribution in [-0.4, -0.2) is 35.3 Å². The number of hydrogen-bond acceptors (Lipinski definition) is 3. The summed E-state index contributed by atoms with van der Waals surface area (Å²) in [5, 5.41) is 7.66. The van der Waals surface area contributed by atoms with E-state index >= 15 is 0 Å². The zero-order valence-corrected chi connectivity index (χ0v) is 16.1. The lowest BCUT2D eigenvalue weighted by Crippen LogP contribution is -2.34. The molecule has 4 heteroatoms. The minimum atomic E-state index is 0.496. The highest BCUT2D eigenvalue weighted by molar-refractivity contribution is 5.66. The molecule has 0 amide bonds. The zero-order chi connectivity index (χ0) is 18.6. The van der Waals surface area contributed by atoms with E-state index < -0.39 is 0 Å². The van der Waals surface area contributed by atoms with Crippen LogP contribution in [0.3, 0.4) is 0 Å². The highest BCUT2D eigenvalue weighted by Gasteiger charge is 2.25. The number of hydrogen-bond donors (Lipinski definition) is 1. The molecule has 1 aliphatic heterocycles. The van der Waals surface area contributed by atoms with Gasteiger partial charge in [-0.05, 0) is 49.6 Å². The monoisotopic (exact) mass is 361 g/mol. The fourth-order valence-corrected chi connectivity index (χ4v) is 3.99. The van der Waals surface area contributed by atoms with Gasteiger partial charge in [-0.15, -0.1) is 0 Å². The quantitative estimate of drug-likeness (QED) is 0.711. The first kappa shape index (κ1) is 17.8. The third-order valence-electron chi connectivity index (χ3n) is 5.51. The lowest BCUT2D eigenvalue weighted by Gasteiger charge is -2.32.